The van der Waals surface area contributed by atoms with Crippen LogP contribution in [0.2, 0.25) is 0 Å². The van der Waals surface area contributed by atoms with Gasteiger partial charge in [-0.1, -0.05) is 13.8 Å². The molecule has 0 atom stereocenters. The Hall–Kier alpha value is -2.10. The first kappa shape index (κ1) is 11.0. The lowest BCUT2D eigenvalue weighted by Gasteiger charge is -2.06. The lowest BCUT2D eigenvalue weighted by Crippen LogP contribution is -2.04. The van der Waals surface area contributed by atoms with Gasteiger partial charge in [0.2, 0.25) is 5.88 Å². The molecule has 3 rings (SSSR count). The predicted octanol–water partition coefficient (Wildman–Crippen LogP) is 3.21. The number of imidazole rings is 1. The van der Waals surface area contributed by atoms with Crippen LogP contribution in [0.3, 0.4) is 0 Å². The Balaban J connectivity index is 2.24. The maximum Gasteiger partial charge on any atom is 0.206 e. The van der Waals surface area contributed by atoms with Crippen LogP contribution in [0.15, 0.2) is 41.1 Å². The summed E-state index contributed by atoms with van der Waals surface area (Å²) in [5, 5.41) is 0. The number of aromatic nitrogens is 3. The summed E-state index contributed by atoms with van der Waals surface area (Å²) in [6.07, 6.45) is 4.35. The van der Waals surface area contributed by atoms with Crippen molar-refractivity contribution in [2.75, 3.05) is 0 Å². The van der Waals surface area contributed by atoms with Crippen LogP contribution in [-0.2, 0) is 6.42 Å². The minimum Gasteiger partial charge on any atom is -0.448 e. The third kappa shape index (κ3) is 1.79. The second kappa shape index (κ2) is 4.29. The topological polar surface area (TPSA) is 43.9 Å². The van der Waals surface area contributed by atoms with Crippen LogP contribution in [0.4, 0.5) is 0 Å². The number of fused-ring (bicyclic) bond motifs is 1. The van der Waals surface area contributed by atoms with E-state index >= 15 is 0 Å². The van der Waals surface area contributed by atoms with E-state index in [2.05, 4.69) is 23.8 Å². The van der Waals surface area contributed by atoms with Gasteiger partial charge >= 0.3 is 0 Å². The molecule has 0 aromatic carbocycles. The number of rotatable bonds is 3. The molecule has 0 saturated carbocycles. The molecule has 0 unspecified atom stereocenters. The zero-order valence-corrected chi connectivity index (χ0v) is 10.5. The molecule has 0 amide bonds. The largest absolute Gasteiger partial charge is 0.448 e. The van der Waals surface area contributed by atoms with Crippen molar-refractivity contribution in [3.8, 4) is 5.88 Å². The Labute approximate surface area is 105 Å². The summed E-state index contributed by atoms with van der Waals surface area (Å²) in [5.74, 6) is 2.30. The van der Waals surface area contributed by atoms with Crippen LogP contribution in [-0.4, -0.2) is 14.5 Å². The lowest BCUT2D eigenvalue weighted by molar-refractivity contribution is 0.526. The van der Waals surface area contributed by atoms with Crippen LogP contribution in [0.25, 0.3) is 17.0 Å². The molecule has 0 aliphatic heterocycles. The van der Waals surface area contributed by atoms with E-state index in [0.717, 1.165) is 29.3 Å². The van der Waals surface area contributed by atoms with Crippen molar-refractivity contribution in [2.24, 2.45) is 5.92 Å². The normalized spacial score (nSPS) is 11.5. The summed E-state index contributed by atoms with van der Waals surface area (Å²) in [6.45, 7) is 4.36. The van der Waals surface area contributed by atoms with E-state index in [0.29, 0.717) is 5.92 Å². The Morgan fingerprint density at radius 1 is 1.28 bits per heavy atom. The van der Waals surface area contributed by atoms with E-state index in [9.17, 15) is 0 Å². The van der Waals surface area contributed by atoms with Gasteiger partial charge in [0.1, 0.15) is 11.3 Å². The van der Waals surface area contributed by atoms with Crippen molar-refractivity contribution in [1.82, 2.24) is 14.5 Å². The molecule has 3 heterocycles. The fourth-order valence-electron chi connectivity index (χ4n) is 2.09. The molecule has 92 valence electrons. The van der Waals surface area contributed by atoms with E-state index in [-0.39, 0.29) is 0 Å². The van der Waals surface area contributed by atoms with Crippen molar-refractivity contribution in [1.29, 1.82) is 0 Å². The fraction of sp³-hybridized carbons (Fsp3) is 0.286. The lowest BCUT2D eigenvalue weighted by atomic mass is 10.1. The first-order valence-corrected chi connectivity index (χ1v) is 6.12. The number of hydrogen-bond acceptors (Lipinski definition) is 3. The van der Waals surface area contributed by atoms with Gasteiger partial charge in [-0.15, -0.1) is 0 Å². The fourth-order valence-corrected chi connectivity index (χ4v) is 2.09. The van der Waals surface area contributed by atoms with E-state index < -0.39 is 0 Å². The Morgan fingerprint density at radius 3 is 2.89 bits per heavy atom. The SMILES string of the molecule is CC(C)Cc1nc2cccnc2n1-c1ccco1. The van der Waals surface area contributed by atoms with Crippen molar-refractivity contribution >= 4 is 11.2 Å². The molecular weight excluding hydrogens is 226 g/mol. The first-order valence-electron chi connectivity index (χ1n) is 6.12. The van der Waals surface area contributed by atoms with Gasteiger partial charge < -0.3 is 4.42 Å². The minimum atomic E-state index is 0.538. The maximum atomic E-state index is 5.49. The summed E-state index contributed by atoms with van der Waals surface area (Å²) in [7, 11) is 0. The summed E-state index contributed by atoms with van der Waals surface area (Å²) in [4.78, 5) is 9.05. The minimum absolute atomic E-state index is 0.538. The van der Waals surface area contributed by atoms with Crippen LogP contribution < -0.4 is 0 Å². The Morgan fingerprint density at radius 2 is 2.17 bits per heavy atom. The third-order valence-corrected chi connectivity index (χ3v) is 2.80. The smallest absolute Gasteiger partial charge is 0.206 e. The quantitative estimate of drug-likeness (QED) is 0.707. The summed E-state index contributed by atoms with van der Waals surface area (Å²) in [5.41, 5.74) is 1.76. The van der Waals surface area contributed by atoms with Gasteiger partial charge in [0.05, 0.1) is 6.26 Å². The molecule has 0 radical (unpaired) electrons. The van der Waals surface area contributed by atoms with Gasteiger partial charge in [0.25, 0.3) is 0 Å². The Bertz CT molecular complexity index is 653. The average molecular weight is 241 g/mol. The standard InChI is InChI=1S/C14H15N3O/c1-10(2)9-12-16-11-5-3-7-15-14(11)17(12)13-6-4-8-18-13/h3-8,10H,9H2,1-2H3. The highest BCUT2D eigenvalue weighted by Gasteiger charge is 2.15. The summed E-state index contributed by atoms with van der Waals surface area (Å²) >= 11 is 0. The molecule has 18 heavy (non-hydrogen) atoms. The van der Waals surface area contributed by atoms with Gasteiger partial charge in [0, 0.05) is 18.7 Å². The highest BCUT2D eigenvalue weighted by molar-refractivity contribution is 5.73. The molecule has 4 nitrogen and oxygen atoms in total. The highest BCUT2D eigenvalue weighted by Crippen LogP contribution is 2.21. The van der Waals surface area contributed by atoms with Crippen LogP contribution in [0, 0.1) is 5.92 Å². The van der Waals surface area contributed by atoms with E-state index in [1.807, 2.05) is 28.8 Å². The highest BCUT2D eigenvalue weighted by atomic mass is 16.3. The average Bonchev–Trinajstić information content (AvgIpc) is 2.93. The van der Waals surface area contributed by atoms with Gasteiger partial charge in [0.15, 0.2) is 5.65 Å². The molecule has 3 aromatic heterocycles. The van der Waals surface area contributed by atoms with Crippen LogP contribution in [0.1, 0.15) is 19.7 Å². The van der Waals surface area contributed by atoms with Crippen molar-refractivity contribution < 1.29 is 4.42 Å². The molecule has 0 saturated heterocycles. The second-order valence-electron chi connectivity index (χ2n) is 4.76. The van der Waals surface area contributed by atoms with E-state index in [4.69, 9.17) is 4.42 Å². The van der Waals surface area contributed by atoms with Gasteiger partial charge in [-0.25, -0.2) is 14.5 Å². The third-order valence-electron chi connectivity index (χ3n) is 2.80. The molecular formula is C14H15N3O. The van der Waals surface area contributed by atoms with Crippen molar-refractivity contribution in [2.45, 2.75) is 20.3 Å². The Kier molecular flexibility index (Phi) is 2.63. The van der Waals surface area contributed by atoms with Gasteiger partial charge in [-0.2, -0.15) is 0 Å². The second-order valence-corrected chi connectivity index (χ2v) is 4.76. The molecule has 0 bridgehead atoms. The van der Waals surface area contributed by atoms with Crippen LogP contribution in [0.5, 0.6) is 0 Å². The predicted molar refractivity (Wildman–Crippen MR) is 69.7 cm³/mol. The van der Waals surface area contributed by atoms with E-state index in [1.54, 1.807) is 12.5 Å². The molecule has 0 fully saturated rings. The van der Waals surface area contributed by atoms with Gasteiger partial charge in [-0.05, 0) is 24.1 Å². The number of hydrogen-bond donors (Lipinski definition) is 0. The monoisotopic (exact) mass is 241 g/mol. The first-order chi connectivity index (χ1) is 8.75. The maximum absolute atomic E-state index is 5.49. The zero-order chi connectivity index (χ0) is 12.5. The number of furan rings is 1. The molecule has 0 N–H and O–H groups in total. The van der Waals surface area contributed by atoms with E-state index in [1.165, 1.54) is 0 Å². The van der Waals surface area contributed by atoms with Crippen LogP contribution >= 0.6 is 0 Å². The molecule has 4 heteroatoms. The number of nitrogens with zero attached hydrogens (tertiary/aromatic N) is 3. The van der Waals surface area contributed by atoms with Crippen molar-refractivity contribution in [3.05, 3.63) is 42.5 Å². The summed E-state index contributed by atoms with van der Waals surface area (Å²) < 4.78 is 7.49. The van der Waals surface area contributed by atoms with Crippen molar-refractivity contribution in [3.63, 3.8) is 0 Å². The molecule has 0 aliphatic rings. The van der Waals surface area contributed by atoms with Gasteiger partial charge in [-0.3, -0.25) is 0 Å². The number of pyridine rings is 1. The molecule has 3 aromatic rings. The molecule has 0 spiro atoms. The zero-order valence-electron chi connectivity index (χ0n) is 10.5. The molecule has 0 aliphatic carbocycles. The summed E-state index contributed by atoms with van der Waals surface area (Å²) in [6, 6.07) is 7.69.